The van der Waals surface area contributed by atoms with Crippen molar-refractivity contribution in [1.29, 1.82) is 0 Å². The average Bonchev–Trinajstić information content (AvgIpc) is 2.75. The molecule has 3 heterocycles. The molecule has 1 saturated heterocycles. The summed E-state index contributed by atoms with van der Waals surface area (Å²) in [5.41, 5.74) is 0.00245. The van der Waals surface area contributed by atoms with E-state index in [9.17, 15) is 18.0 Å². The number of nitrogens with zero attached hydrogens (tertiary/aromatic N) is 2. The molecule has 30 heavy (non-hydrogen) atoms. The van der Waals surface area contributed by atoms with E-state index in [1.807, 2.05) is 0 Å². The minimum Gasteiger partial charge on any atom is -0.486 e. The van der Waals surface area contributed by atoms with Crippen molar-refractivity contribution in [1.82, 2.24) is 8.87 Å². The third kappa shape index (κ3) is 4.32. The second-order valence-corrected chi connectivity index (χ2v) is 8.69. The Bertz CT molecular complexity index is 1110. The monoisotopic (exact) mass is 435 g/mol. The van der Waals surface area contributed by atoms with Crippen LogP contribution < -0.4 is 20.3 Å². The average molecular weight is 435 g/mol. The highest BCUT2D eigenvalue weighted by molar-refractivity contribution is 7.89. The number of amides is 1. The molecule has 0 aliphatic carbocycles. The molecule has 11 heteroatoms. The van der Waals surface area contributed by atoms with E-state index >= 15 is 0 Å². The van der Waals surface area contributed by atoms with Crippen LogP contribution >= 0.6 is 0 Å². The Hall–Kier alpha value is -2.89. The summed E-state index contributed by atoms with van der Waals surface area (Å²) in [5, 5.41) is 2.68. The van der Waals surface area contributed by atoms with E-state index < -0.39 is 21.5 Å². The van der Waals surface area contributed by atoms with Crippen LogP contribution in [0.3, 0.4) is 0 Å². The summed E-state index contributed by atoms with van der Waals surface area (Å²) in [6.45, 7) is 1.67. The van der Waals surface area contributed by atoms with Gasteiger partial charge < -0.3 is 24.1 Å². The van der Waals surface area contributed by atoms with Crippen LogP contribution in [0.5, 0.6) is 11.5 Å². The van der Waals surface area contributed by atoms with Gasteiger partial charge in [-0.1, -0.05) is 0 Å². The summed E-state index contributed by atoms with van der Waals surface area (Å²) in [7, 11) is -3.77. The van der Waals surface area contributed by atoms with Gasteiger partial charge in [-0.25, -0.2) is 8.42 Å². The third-order valence-electron chi connectivity index (χ3n) is 4.70. The van der Waals surface area contributed by atoms with E-state index in [2.05, 4.69) is 5.32 Å². The SMILES string of the molecule is O=C(Cn1cc(S(=O)(=O)N2CCOCC2)ccc1=O)Nc1ccc2c(c1)OCCO2. The Labute approximate surface area is 173 Å². The molecule has 0 unspecified atom stereocenters. The van der Waals surface area contributed by atoms with Crippen LogP contribution in [0.25, 0.3) is 0 Å². The molecule has 0 bridgehead atoms. The maximum atomic E-state index is 12.8. The highest BCUT2D eigenvalue weighted by Crippen LogP contribution is 2.32. The van der Waals surface area contributed by atoms with Crippen molar-refractivity contribution in [3.63, 3.8) is 0 Å². The number of ether oxygens (including phenoxy) is 3. The number of pyridine rings is 1. The molecular weight excluding hydrogens is 414 g/mol. The van der Waals surface area contributed by atoms with Crippen LogP contribution in [0.15, 0.2) is 46.2 Å². The number of carbonyl (C=O) groups excluding carboxylic acids is 1. The molecule has 0 radical (unpaired) electrons. The van der Waals surface area contributed by atoms with E-state index in [1.165, 1.54) is 16.6 Å². The molecule has 0 saturated carbocycles. The Kier molecular flexibility index (Phi) is 5.75. The van der Waals surface area contributed by atoms with Gasteiger partial charge in [0.15, 0.2) is 11.5 Å². The summed E-state index contributed by atoms with van der Waals surface area (Å²) in [6, 6.07) is 7.38. The number of anilines is 1. The van der Waals surface area contributed by atoms with Crippen LogP contribution in [0.1, 0.15) is 0 Å². The highest BCUT2D eigenvalue weighted by Gasteiger charge is 2.27. The quantitative estimate of drug-likeness (QED) is 0.717. The first-order valence-electron chi connectivity index (χ1n) is 9.41. The van der Waals surface area contributed by atoms with Gasteiger partial charge in [0.05, 0.1) is 18.1 Å². The fraction of sp³-hybridized carbons (Fsp3) is 0.368. The van der Waals surface area contributed by atoms with Crippen LogP contribution in [0.2, 0.25) is 0 Å². The maximum absolute atomic E-state index is 12.8. The Morgan fingerprint density at radius 1 is 1.00 bits per heavy atom. The molecular formula is C19H21N3O7S. The predicted octanol–water partition coefficient (Wildman–Crippen LogP) is 0.279. The lowest BCUT2D eigenvalue weighted by Gasteiger charge is -2.26. The van der Waals surface area contributed by atoms with Gasteiger partial charge >= 0.3 is 0 Å². The molecule has 2 aromatic rings. The fourth-order valence-electron chi connectivity index (χ4n) is 3.20. The highest BCUT2D eigenvalue weighted by atomic mass is 32.2. The number of hydrogen-bond acceptors (Lipinski definition) is 7. The number of fused-ring (bicyclic) bond motifs is 1. The minimum atomic E-state index is -3.77. The van der Waals surface area contributed by atoms with Crippen molar-refractivity contribution in [2.24, 2.45) is 0 Å². The van der Waals surface area contributed by atoms with Gasteiger partial charge in [0.1, 0.15) is 19.8 Å². The molecule has 1 fully saturated rings. The lowest BCUT2D eigenvalue weighted by atomic mass is 10.2. The third-order valence-corrected chi connectivity index (χ3v) is 6.59. The first-order chi connectivity index (χ1) is 14.4. The van der Waals surface area contributed by atoms with Gasteiger partial charge in [-0.15, -0.1) is 0 Å². The largest absolute Gasteiger partial charge is 0.486 e. The molecule has 0 atom stereocenters. The molecule has 160 valence electrons. The second-order valence-electron chi connectivity index (χ2n) is 6.75. The predicted molar refractivity (Wildman–Crippen MR) is 106 cm³/mol. The van der Waals surface area contributed by atoms with Gasteiger partial charge in [-0.05, 0) is 18.2 Å². The van der Waals surface area contributed by atoms with Crippen LogP contribution in [0, 0.1) is 0 Å². The zero-order chi connectivity index (χ0) is 21.1. The molecule has 1 amide bonds. The summed E-state index contributed by atoms with van der Waals surface area (Å²) in [6.07, 6.45) is 1.19. The first kappa shape index (κ1) is 20.4. The smallest absolute Gasteiger partial charge is 0.251 e. The summed E-state index contributed by atoms with van der Waals surface area (Å²) < 4.78 is 44.1. The first-order valence-corrected chi connectivity index (χ1v) is 10.9. The van der Waals surface area contributed by atoms with Crippen LogP contribution in [0.4, 0.5) is 5.69 Å². The number of nitrogens with one attached hydrogen (secondary N) is 1. The number of sulfonamides is 1. The lowest BCUT2D eigenvalue weighted by Crippen LogP contribution is -2.41. The Balaban J connectivity index is 1.49. The number of rotatable bonds is 5. The van der Waals surface area contributed by atoms with Crippen molar-refractivity contribution in [3.05, 3.63) is 46.9 Å². The van der Waals surface area contributed by atoms with Crippen molar-refractivity contribution in [3.8, 4) is 11.5 Å². The van der Waals surface area contributed by atoms with Crippen LogP contribution in [-0.2, 0) is 26.1 Å². The van der Waals surface area contributed by atoms with Gasteiger partial charge in [-0.3, -0.25) is 9.59 Å². The number of morpholine rings is 1. The van der Waals surface area contributed by atoms with Crippen molar-refractivity contribution in [2.75, 3.05) is 44.8 Å². The van der Waals surface area contributed by atoms with Crippen molar-refractivity contribution >= 4 is 21.6 Å². The Morgan fingerprint density at radius 2 is 1.73 bits per heavy atom. The maximum Gasteiger partial charge on any atom is 0.251 e. The zero-order valence-corrected chi connectivity index (χ0v) is 16.9. The second kappa shape index (κ2) is 8.46. The lowest BCUT2D eigenvalue weighted by molar-refractivity contribution is -0.116. The van der Waals surface area contributed by atoms with E-state index in [0.717, 1.165) is 10.6 Å². The normalized spacial score (nSPS) is 16.8. The molecule has 1 aromatic carbocycles. The minimum absolute atomic E-state index is 0.0453. The van der Waals surface area contributed by atoms with Gasteiger partial charge in [0.2, 0.25) is 15.9 Å². The molecule has 10 nitrogen and oxygen atoms in total. The number of hydrogen-bond donors (Lipinski definition) is 1. The van der Waals surface area contributed by atoms with E-state index in [4.69, 9.17) is 14.2 Å². The molecule has 0 spiro atoms. The fourth-order valence-corrected chi connectivity index (χ4v) is 4.63. The number of aromatic nitrogens is 1. The molecule has 2 aliphatic heterocycles. The number of carbonyl (C=O) groups is 1. The Morgan fingerprint density at radius 3 is 2.50 bits per heavy atom. The molecule has 2 aliphatic rings. The van der Waals surface area contributed by atoms with Gasteiger partial charge in [-0.2, -0.15) is 4.31 Å². The van der Waals surface area contributed by atoms with Gasteiger partial charge in [0.25, 0.3) is 5.56 Å². The van der Waals surface area contributed by atoms with E-state index in [0.29, 0.717) is 43.6 Å². The van der Waals surface area contributed by atoms with Crippen molar-refractivity contribution < 1.29 is 27.4 Å². The van der Waals surface area contributed by atoms with Gasteiger partial charge in [0, 0.05) is 37.1 Å². The van der Waals surface area contributed by atoms with E-state index in [1.54, 1.807) is 18.2 Å². The topological polar surface area (TPSA) is 116 Å². The number of benzene rings is 1. The molecule has 1 aromatic heterocycles. The summed E-state index contributed by atoms with van der Waals surface area (Å²) in [5.74, 6) is 0.640. The van der Waals surface area contributed by atoms with E-state index in [-0.39, 0.29) is 24.5 Å². The standard InChI is InChI=1S/C19H21N3O7S/c23-18(20-14-1-3-16-17(11-14)29-10-9-28-16)13-21-12-15(2-4-19(21)24)30(25,26)22-5-7-27-8-6-22/h1-4,11-12H,5-10,13H2,(H,20,23). The molecule has 4 rings (SSSR count). The molecule has 1 N–H and O–H groups in total. The van der Waals surface area contributed by atoms with Crippen LogP contribution in [-0.4, -0.2) is 62.7 Å². The summed E-state index contributed by atoms with van der Waals surface area (Å²) in [4.78, 5) is 24.6. The van der Waals surface area contributed by atoms with Crippen molar-refractivity contribution in [2.45, 2.75) is 11.4 Å². The zero-order valence-electron chi connectivity index (χ0n) is 16.1. The summed E-state index contributed by atoms with van der Waals surface area (Å²) >= 11 is 0.